The molecule has 94 valence electrons. The summed E-state index contributed by atoms with van der Waals surface area (Å²) in [5.41, 5.74) is 5.15. The van der Waals surface area contributed by atoms with Gasteiger partial charge in [-0.2, -0.15) is 0 Å². The van der Waals surface area contributed by atoms with E-state index in [0.29, 0.717) is 0 Å². The second-order valence-corrected chi connectivity index (χ2v) is 4.71. The van der Waals surface area contributed by atoms with Crippen LogP contribution in [0.25, 0.3) is 0 Å². The van der Waals surface area contributed by atoms with E-state index in [2.05, 4.69) is 14.9 Å². The van der Waals surface area contributed by atoms with Crippen molar-refractivity contribution in [3.8, 4) is 0 Å². The maximum Gasteiger partial charge on any atom is 0.261 e. The lowest BCUT2D eigenvalue weighted by Gasteiger charge is -2.05. The van der Waals surface area contributed by atoms with E-state index in [9.17, 15) is 12.8 Å². The predicted octanol–water partition coefficient (Wildman–Crippen LogP) is -0.365. The molecule has 0 bridgehead atoms. The van der Waals surface area contributed by atoms with E-state index in [4.69, 9.17) is 10.9 Å². The zero-order valence-corrected chi connectivity index (χ0v) is 9.48. The van der Waals surface area contributed by atoms with Gasteiger partial charge in [0.15, 0.2) is 5.82 Å². The summed E-state index contributed by atoms with van der Waals surface area (Å²) in [5, 5.41) is 10.2. The van der Waals surface area contributed by atoms with E-state index in [1.807, 2.05) is 0 Å². The number of hydrogen-bond donors (Lipinski definition) is 3. The summed E-state index contributed by atoms with van der Waals surface area (Å²) in [6.45, 7) is -0.117. The molecule has 0 aromatic carbocycles. The molecular formula is C8H11FN4O3S. The van der Waals surface area contributed by atoms with Crippen LogP contribution in [0.2, 0.25) is 0 Å². The molecule has 0 saturated carbocycles. The van der Waals surface area contributed by atoms with E-state index in [1.165, 1.54) is 12.3 Å². The molecule has 0 aliphatic carbocycles. The number of hydrogen-bond acceptors (Lipinski definition) is 5. The molecular weight excluding hydrogens is 251 g/mol. The Labute approximate surface area is 97.2 Å². The lowest BCUT2D eigenvalue weighted by atomic mass is 10.4. The first-order valence-electron chi connectivity index (χ1n) is 4.54. The maximum atomic E-state index is 13.2. The molecule has 1 aromatic rings. The van der Waals surface area contributed by atoms with E-state index < -0.39 is 20.9 Å². The summed E-state index contributed by atoms with van der Waals surface area (Å²) in [6, 6.07) is 2.27. The first kappa shape index (κ1) is 13.3. The van der Waals surface area contributed by atoms with E-state index in [1.54, 1.807) is 0 Å². The summed E-state index contributed by atoms with van der Waals surface area (Å²) in [5.74, 6) is -1.07. The molecule has 0 aliphatic rings. The fraction of sp³-hybridized carbons (Fsp3) is 0.250. The number of halogens is 1. The van der Waals surface area contributed by atoms with Gasteiger partial charge in [0.05, 0.1) is 0 Å². The Bertz CT molecular complexity index is 517. The van der Waals surface area contributed by atoms with Crippen molar-refractivity contribution in [2.24, 2.45) is 10.9 Å². The van der Waals surface area contributed by atoms with Crippen LogP contribution in [0.1, 0.15) is 6.42 Å². The Morgan fingerprint density at radius 1 is 1.65 bits per heavy atom. The summed E-state index contributed by atoms with van der Waals surface area (Å²) in [7, 11) is -4.02. The lowest BCUT2D eigenvalue weighted by molar-refractivity contribution is 0.317. The van der Waals surface area contributed by atoms with Crippen LogP contribution in [-0.2, 0) is 10.0 Å². The maximum absolute atomic E-state index is 13.2. The number of nitrogens with zero attached hydrogens (tertiary/aromatic N) is 2. The minimum atomic E-state index is -4.02. The first-order chi connectivity index (χ1) is 7.97. The fourth-order valence-electron chi connectivity index (χ4n) is 1.00. The highest BCUT2D eigenvalue weighted by molar-refractivity contribution is 7.89. The van der Waals surface area contributed by atoms with Crippen LogP contribution in [0, 0.1) is 5.82 Å². The van der Waals surface area contributed by atoms with Crippen molar-refractivity contribution in [2.75, 3.05) is 6.54 Å². The van der Waals surface area contributed by atoms with Gasteiger partial charge < -0.3 is 10.9 Å². The first-order valence-corrected chi connectivity index (χ1v) is 6.02. The molecule has 0 unspecified atom stereocenters. The number of oxime groups is 1. The quantitative estimate of drug-likeness (QED) is 0.290. The second kappa shape index (κ2) is 5.55. The Kier molecular flexibility index (Phi) is 4.35. The Hall–Kier alpha value is -1.74. The molecule has 0 fully saturated rings. The second-order valence-electron chi connectivity index (χ2n) is 3.03. The van der Waals surface area contributed by atoms with Crippen molar-refractivity contribution >= 4 is 15.9 Å². The average Bonchev–Trinajstić information content (AvgIpc) is 2.28. The van der Waals surface area contributed by atoms with Crippen LogP contribution in [-0.4, -0.2) is 31.0 Å². The molecule has 0 radical (unpaired) electrons. The minimum Gasteiger partial charge on any atom is -0.409 e. The zero-order valence-electron chi connectivity index (χ0n) is 8.67. The van der Waals surface area contributed by atoms with Crippen LogP contribution in [0.15, 0.2) is 28.5 Å². The van der Waals surface area contributed by atoms with Crippen molar-refractivity contribution in [1.82, 2.24) is 9.71 Å². The topological polar surface area (TPSA) is 118 Å². The number of aromatic nitrogens is 1. The van der Waals surface area contributed by atoms with Crippen molar-refractivity contribution in [1.29, 1.82) is 0 Å². The monoisotopic (exact) mass is 262 g/mol. The normalized spacial score (nSPS) is 12.6. The molecule has 0 amide bonds. The van der Waals surface area contributed by atoms with E-state index >= 15 is 0 Å². The van der Waals surface area contributed by atoms with Gasteiger partial charge in [-0.15, -0.1) is 0 Å². The van der Waals surface area contributed by atoms with Gasteiger partial charge in [-0.05, 0) is 12.1 Å². The fourth-order valence-corrected chi connectivity index (χ4v) is 2.03. The van der Waals surface area contributed by atoms with E-state index in [0.717, 1.165) is 6.07 Å². The SMILES string of the molecule is N/C(CCNS(=O)(=O)c1ncccc1F)=N/O. The largest absolute Gasteiger partial charge is 0.409 e. The highest BCUT2D eigenvalue weighted by Crippen LogP contribution is 2.09. The number of rotatable bonds is 5. The average molecular weight is 262 g/mol. The summed E-state index contributed by atoms with van der Waals surface area (Å²) in [4.78, 5) is 3.43. The molecule has 0 saturated heterocycles. The molecule has 1 heterocycles. The molecule has 9 heteroatoms. The van der Waals surface area contributed by atoms with Crippen LogP contribution >= 0.6 is 0 Å². The van der Waals surface area contributed by atoms with Gasteiger partial charge in [0.1, 0.15) is 5.84 Å². The van der Waals surface area contributed by atoms with Crippen molar-refractivity contribution in [3.63, 3.8) is 0 Å². The third-order valence-corrected chi connectivity index (χ3v) is 3.17. The van der Waals surface area contributed by atoms with Crippen LogP contribution in [0.3, 0.4) is 0 Å². The van der Waals surface area contributed by atoms with Gasteiger partial charge in [-0.25, -0.2) is 22.5 Å². The molecule has 17 heavy (non-hydrogen) atoms. The van der Waals surface area contributed by atoms with Gasteiger partial charge in [0, 0.05) is 19.2 Å². The summed E-state index contributed by atoms with van der Waals surface area (Å²) >= 11 is 0. The molecule has 0 atom stereocenters. The standard InChI is InChI=1S/C8H11FN4O3S/c9-6-2-1-4-11-8(6)17(15,16)12-5-3-7(10)13-14/h1-2,4,12,14H,3,5H2,(H2,10,13). The molecule has 1 rings (SSSR count). The molecule has 7 nitrogen and oxygen atoms in total. The van der Waals surface area contributed by atoms with Gasteiger partial charge in [0.2, 0.25) is 5.03 Å². The molecule has 4 N–H and O–H groups in total. The van der Waals surface area contributed by atoms with Gasteiger partial charge >= 0.3 is 0 Å². The van der Waals surface area contributed by atoms with E-state index in [-0.39, 0.29) is 18.8 Å². The number of amidine groups is 1. The van der Waals surface area contributed by atoms with Gasteiger partial charge in [-0.3, -0.25) is 0 Å². The minimum absolute atomic E-state index is 0.00415. The van der Waals surface area contributed by atoms with Gasteiger partial charge in [0.25, 0.3) is 10.0 Å². The molecule has 1 aromatic heterocycles. The Morgan fingerprint density at radius 2 is 2.35 bits per heavy atom. The van der Waals surface area contributed by atoms with Crippen molar-refractivity contribution in [3.05, 3.63) is 24.1 Å². The van der Waals surface area contributed by atoms with Crippen LogP contribution < -0.4 is 10.5 Å². The van der Waals surface area contributed by atoms with Crippen LogP contribution in [0.5, 0.6) is 0 Å². The summed E-state index contributed by atoms with van der Waals surface area (Å²) < 4.78 is 38.4. The highest BCUT2D eigenvalue weighted by Gasteiger charge is 2.19. The number of nitrogens with two attached hydrogens (primary N) is 1. The van der Waals surface area contributed by atoms with Crippen molar-refractivity contribution < 1.29 is 18.0 Å². The number of sulfonamides is 1. The van der Waals surface area contributed by atoms with Gasteiger partial charge in [-0.1, -0.05) is 5.16 Å². The number of pyridine rings is 1. The predicted molar refractivity (Wildman–Crippen MR) is 57.4 cm³/mol. The van der Waals surface area contributed by atoms with Crippen LogP contribution in [0.4, 0.5) is 4.39 Å². The third kappa shape index (κ3) is 3.64. The Balaban J connectivity index is 2.74. The summed E-state index contributed by atoms with van der Waals surface area (Å²) in [6.07, 6.45) is 1.17. The third-order valence-electron chi connectivity index (χ3n) is 1.78. The lowest BCUT2D eigenvalue weighted by Crippen LogP contribution is -2.29. The Morgan fingerprint density at radius 3 is 2.94 bits per heavy atom. The highest BCUT2D eigenvalue weighted by atomic mass is 32.2. The zero-order chi connectivity index (χ0) is 12.9. The smallest absolute Gasteiger partial charge is 0.261 e. The molecule has 0 spiro atoms. The van der Waals surface area contributed by atoms with Crippen molar-refractivity contribution in [2.45, 2.75) is 11.4 Å². The molecule has 0 aliphatic heterocycles. The number of nitrogens with one attached hydrogen (secondary N) is 1.